The van der Waals surface area contributed by atoms with Crippen molar-refractivity contribution in [3.63, 3.8) is 0 Å². The molecule has 0 atom stereocenters. The molecule has 26 heavy (non-hydrogen) atoms. The Morgan fingerprint density at radius 1 is 0.885 bits per heavy atom. The number of ether oxygens (including phenoxy) is 2. The molecule has 0 unspecified atom stereocenters. The van der Waals surface area contributed by atoms with E-state index in [0.717, 1.165) is 11.1 Å². The van der Waals surface area contributed by atoms with Gasteiger partial charge in [0.1, 0.15) is 19.0 Å². The average Bonchev–Trinajstić information content (AvgIpc) is 2.66. The van der Waals surface area contributed by atoms with Crippen LogP contribution in [0.1, 0.15) is 21.6 Å². The predicted octanol–water partition coefficient (Wildman–Crippen LogP) is 4.36. The smallest absolute Gasteiger partial charge is 0.358 e. The van der Waals surface area contributed by atoms with Crippen LogP contribution >= 0.6 is 12.4 Å². The summed E-state index contributed by atoms with van der Waals surface area (Å²) in [5, 5.41) is 9.28. The molecule has 0 bridgehead atoms. The van der Waals surface area contributed by atoms with Crippen LogP contribution in [-0.2, 0) is 13.2 Å². The second kappa shape index (κ2) is 9.44. The summed E-state index contributed by atoms with van der Waals surface area (Å²) in [6.07, 6.45) is 1.39. The van der Waals surface area contributed by atoms with E-state index in [1.807, 2.05) is 60.7 Å². The summed E-state index contributed by atoms with van der Waals surface area (Å²) >= 11 is 0. The molecule has 0 radical (unpaired) electrons. The summed E-state index contributed by atoms with van der Waals surface area (Å²) in [7, 11) is 0. The van der Waals surface area contributed by atoms with Crippen LogP contribution in [0.5, 0.6) is 11.5 Å². The van der Waals surface area contributed by atoms with E-state index >= 15 is 0 Å². The van der Waals surface area contributed by atoms with Crippen LogP contribution in [0.2, 0.25) is 0 Å². The fourth-order valence-corrected chi connectivity index (χ4v) is 2.25. The number of halogens is 1. The minimum Gasteiger partial charge on any atom is -0.487 e. The van der Waals surface area contributed by atoms with Gasteiger partial charge in [0.15, 0.2) is 11.4 Å². The van der Waals surface area contributed by atoms with Crippen molar-refractivity contribution in [2.24, 2.45) is 0 Å². The largest absolute Gasteiger partial charge is 0.487 e. The molecule has 3 aromatic rings. The highest BCUT2D eigenvalue weighted by Gasteiger charge is 2.15. The van der Waals surface area contributed by atoms with E-state index in [1.165, 1.54) is 6.20 Å². The number of nitrogens with zero attached hydrogens (tertiary/aromatic N) is 1. The Hall–Kier alpha value is -3.05. The molecule has 0 saturated heterocycles. The van der Waals surface area contributed by atoms with E-state index in [-0.39, 0.29) is 30.5 Å². The molecule has 134 valence electrons. The molecule has 1 heterocycles. The fourth-order valence-electron chi connectivity index (χ4n) is 2.25. The van der Waals surface area contributed by atoms with E-state index in [4.69, 9.17) is 9.47 Å². The number of aromatic carboxylic acids is 1. The molecular formula is C20H18ClNO4. The Balaban J connectivity index is 0.00000243. The van der Waals surface area contributed by atoms with Crippen molar-refractivity contribution in [3.05, 3.63) is 89.7 Å². The fraction of sp³-hybridized carbons (Fsp3) is 0.100. The Bertz CT molecular complexity index is 841. The first kappa shape index (κ1) is 19.3. The van der Waals surface area contributed by atoms with Crippen LogP contribution in [-0.4, -0.2) is 16.1 Å². The number of aromatic nitrogens is 1. The lowest BCUT2D eigenvalue weighted by Crippen LogP contribution is -2.07. The number of rotatable bonds is 7. The van der Waals surface area contributed by atoms with Gasteiger partial charge in [-0.15, -0.1) is 12.4 Å². The topological polar surface area (TPSA) is 68.7 Å². The van der Waals surface area contributed by atoms with Gasteiger partial charge in [0.05, 0.1) is 6.20 Å². The maximum Gasteiger partial charge on any atom is 0.358 e. The first-order valence-electron chi connectivity index (χ1n) is 7.79. The zero-order valence-electron chi connectivity index (χ0n) is 13.9. The second-order valence-corrected chi connectivity index (χ2v) is 5.37. The highest BCUT2D eigenvalue weighted by Crippen LogP contribution is 2.24. The summed E-state index contributed by atoms with van der Waals surface area (Å²) in [5.74, 6) is -0.503. The summed E-state index contributed by atoms with van der Waals surface area (Å²) < 4.78 is 11.3. The molecular weight excluding hydrogens is 354 g/mol. The van der Waals surface area contributed by atoms with Gasteiger partial charge in [0.25, 0.3) is 0 Å². The molecule has 0 fully saturated rings. The van der Waals surface area contributed by atoms with E-state index in [0.29, 0.717) is 12.4 Å². The van der Waals surface area contributed by atoms with Crippen LogP contribution in [0.25, 0.3) is 0 Å². The van der Waals surface area contributed by atoms with E-state index < -0.39 is 5.97 Å². The quantitative estimate of drug-likeness (QED) is 0.668. The molecule has 0 aliphatic heterocycles. The van der Waals surface area contributed by atoms with Gasteiger partial charge < -0.3 is 14.6 Å². The maximum atomic E-state index is 11.3. The SMILES string of the molecule is Cl.O=C(O)c1ncc(OCc2ccccc2)cc1OCc1ccccc1. The Morgan fingerprint density at radius 3 is 1.96 bits per heavy atom. The van der Waals surface area contributed by atoms with Crippen LogP contribution in [0.3, 0.4) is 0 Å². The van der Waals surface area contributed by atoms with Crippen LogP contribution in [0, 0.1) is 0 Å². The van der Waals surface area contributed by atoms with Gasteiger partial charge >= 0.3 is 5.97 Å². The highest BCUT2D eigenvalue weighted by atomic mass is 35.5. The molecule has 0 saturated carbocycles. The monoisotopic (exact) mass is 371 g/mol. The normalized spacial score (nSPS) is 9.85. The molecule has 2 aromatic carbocycles. The lowest BCUT2D eigenvalue weighted by atomic mass is 10.2. The number of benzene rings is 2. The third-order valence-corrected chi connectivity index (χ3v) is 3.52. The molecule has 0 aliphatic carbocycles. The zero-order valence-corrected chi connectivity index (χ0v) is 14.7. The van der Waals surface area contributed by atoms with Crippen LogP contribution in [0.4, 0.5) is 0 Å². The molecule has 0 aliphatic rings. The molecule has 6 heteroatoms. The van der Waals surface area contributed by atoms with Gasteiger partial charge in [-0.25, -0.2) is 9.78 Å². The summed E-state index contributed by atoms with van der Waals surface area (Å²) in [4.78, 5) is 15.3. The maximum absolute atomic E-state index is 11.3. The van der Waals surface area contributed by atoms with Crippen molar-refractivity contribution in [1.82, 2.24) is 4.98 Å². The average molecular weight is 372 g/mol. The summed E-state index contributed by atoms with van der Waals surface area (Å²) in [6, 6.07) is 20.8. The van der Waals surface area contributed by atoms with Crippen LogP contribution < -0.4 is 9.47 Å². The first-order chi connectivity index (χ1) is 12.2. The molecule has 0 spiro atoms. The summed E-state index contributed by atoms with van der Waals surface area (Å²) in [6.45, 7) is 0.623. The number of pyridine rings is 1. The Labute approximate surface area is 157 Å². The van der Waals surface area contributed by atoms with Gasteiger partial charge in [0.2, 0.25) is 0 Å². The highest BCUT2D eigenvalue weighted by molar-refractivity contribution is 5.88. The lowest BCUT2D eigenvalue weighted by molar-refractivity contribution is 0.0684. The molecule has 1 aromatic heterocycles. The van der Waals surface area contributed by atoms with Crippen molar-refractivity contribution < 1.29 is 19.4 Å². The second-order valence-electron chi connectivity index (χ2n) is 5.37. The van der Waals surface area contributed by atoms with E-state index in [2.05, 4.69) is 4.98 Å². The molecule has 5 nitrogen and oxygen atoms in total. The zero-order chi connectivity index (χ0) is 17.5. The third kappa shape index (κ3) is 5.22. The van der Waals surface area contributed by atoms with Gasteiger partial charge in [-0.05, 0) is 11.1 Å². The van der Waals surface area contributed by atoms with Gasteiger partial charge in [-0.1, -0.05) is 60.7 Å². The van der Waals surface area contributed by atoms with Gasteiger partial charge in [-0.2, -0.15) is 0 Å². The van der Waals surface area contributed by atoms with E-state index in [1.54, 1.807) is 6.07 Å². The first-order valence-corrected chi connectivity index (χ1v) is 7.79. The number of carboxylic acid groups (broad SMARTS) is 1. The number of hydrogen-bond donors (Lipinski definition) is 1. The van der Waals surface area contributed by atoms with Crippen molar-refractivity contribution in [2.75, 3.05) is 0 Å². The Kier molecular flexibility index (Phi) is 7.00. The Morgan fingerprint density at radius 2 is 1.42 bits per heavy atom. The lowest BCUT2D eigenvalue weighted by Gasteiger charge is -2.11. The third-order valence-electron chi connectivity index (χ3n) is 3.52. The van der Waals surface area contributed by atoms with Crippen molar-refractivity contribution in [1.29, 1.82) is 0 Å². The number of carbonyl (C=O) groups is 1. The summed E-state index contributed by atoms with van der Waals surface area (Å²) in [5.41, 5.74) is 1.81. The van der Waals surface area contributed by atoms with Gasteiger partial charge in [0, 0.05) is 6.07 Å². The van der Waals surface area contributed by atoms with Gasteiger partial charge in [-0.3, -0.25) is 0 Å². The van der Waals surface area contributed by atoms with Crippen molar-refractivity contribution in [3.8, 4) is 11.5 Å². The predicted molar refractivity (Wildman–Crippen MR) is 100.0 cm³/mol. The van der Waals surface area contributed by atoms with Crippen molar-refractivity contribution in [2.45, 2.75) is 13.2 Å². The number of hydrogen-bond acceptors (Lipinski definition) is 4. The standard InChI is InChI=1S/C20H17NO4.ClH/c22-20(23)19-18(25-14-16-9-5-2-6-10-16)11-17(12-21-19)24-13-15-7-3-1-4-8-15;/h1-12H,13-14H2,(H,22,23);1H. The number of carboxylic acids is 1. The molecule has 0 amide bonds. The van der Waals surface area contributed by atoms with Crippen molar-refractivity contribution >= 4 is 18.4 Å². The molecule has 1 N–H and O–H groups in total. The molecule has 3 rings (SSSR count). The van der Waals surface area contributed by atoms with Crippen LogP contribution in [0.15, 0.2) is 72.9 Å². The minimum atomic E-state index is -1.14. The minimum absolute atomic E-state index is 0. The van der Waals surface area contributed by atoms with E-state index in [9.17, 15) is 9.90 Å².